The van der Waals surface area contributed by atoms with E-state index in [1.807, 2.05) is 6.92 Å². The Hall–Kier alpha value is -4.14. The number of hydrogen-bond donors (Lipinski definition) is 5. The van der Waals surface area contributed by atoms with Crippen molar-refractivity contribution < 1.29 is 34.6 Å². The van der Waals surface area contributed by atoms with E-state index >= 15 is 0 Å². The van der Waals surface area contributed by atoms with Gasteiger partial charge in [-0.05, 0) is 18.4 Å². The summed E-state index contributed by atoms with van der Waals surface area (Å²) in [5, 5.41) is 46.2. The number of carbonyl (C=O) groups is 3. The number of aliphatic carboxylic acids is 1. The molecular weight excluding hydrogens is 669 g/mol. The average molecular weight is 695 g/mol. The molecule has 0 spiro atoms. The topological polar surface area (TPSA) is 235 Å². The first-order chi connectivity index (χ1) is 21.3. The molecule has 5 heterocycles. The van der Waals surface area contributed by atoms with Crippen molar-refractivity contribution in [3.05, 3.63) is 55.5 Å². The number of aromatic hydroxyl groups is 1. The minimum Gasteiger partial charge on any atom is -0.503 e. The quantitative estimate of drug-likeness (QED) is 0.0631. The van der Waals surface area contributed by atoms with Crippen molar-refractivity contribution in [2.75, 3.05) is 17.2 Å². The number of pyridine rings is 1. The number of hydrogen-bond acceptors (Lipinski definition) is 16. The zero-order valence-corrected chi connectivity index (χ0v) is 27.0. The molecule has 0 aliphatic carbocycles. The summed E-state index contributed by atoms with van der Waals surface area (Å²) in [6.07, 6.45) is -0.244. The normalized spacial score (nSPS) is 18.9. The molecule has 5 rings (SSSR count). The van der Waals surface area contributed by atoms with Crippen LogP contribution in [0.2, 0.25) is 0 Å². The number of carboxylic acid groups (broad SMARTS) is 1. The highest BCUT2D eigenvalue weighted by molar-refractivity contribution is 8.01. The minimum atomic E-state index is -1.26. The van der Waals surface area contributed by atoms with Gasteiger partial charge >= 0.3 is 5.97 Å². The van der Waals surface area contributed by atoms with Crippen LogP contribution in [0.25, 0.3) is 0 Å². The van der Waals surface area contributed by atoms with Crippen LogP contribution in [0.15, 0.2) is 43.2 Å². The highest BCUT2D eigenvalue weighted by Gasteiger charge is 2.54. The molecule has 16 nitrogen and oxygen atoms in total. The highest BCUT2D eigenvalue weighted by Crippen LogP contribution is 2.42. The van der Waals surface area contributed by atoms with Crippen molar-refractivity contribution in [2.45, 2.75) is 42.6 Å². The Morgan fingerprint density at radius 2 is 2.07 bits per heavy atom. The van der Waals surface area contributed by atoms with Crippen LogP contribution >= 0.6 is 46.2 Å². The van der Waals surface area contributed by atoms with Gasteiger partial charge in [-0.2, -0.15) is 4.73 Å². The van der Waals surface area contributed by atoms with E-state index in [0.717, 1.165) is 33.5 Å². The van der Waals surface area contributed by atoms with Crippen molar-refractivity contribution >= 4 is 74.8 Å². The third-order valence-corrected chi connectivity index (χ3v) is 10.7. The molecule has 238 valence electrons. The zero-order chi connectivity index (χ0) is 32.6. The number of rotatable bonds is 11. The molecule has 3 aromatic heterocycles. The molecule has 45 heavy (non-hydrogen) atoms. The first-order valence-corrected chi connectivity index (χ1v) is 16.8. The third-order valence-electron chi connectivity index (χ3n) is 6.59. The van der Waals surface area contributed by atoms with Gasteiger partial charge in [0.1, 0.15) is 33.5 Å². The average Bonchev–Trinajstić information content (AvgIpc) is 3.61. The summed E-state index contributed by atoms with van der Waals surface area (Å²) in [6, 6.07) is -0.0913. The van der Waals surface area contributed by atoms with Gasteiger partial charge in [-0.1, -0.05) is 42.1 Å². The Morgan fingerprint density at radius 3 is 2.69 bits per heavy atom. The van der Waals surface area contributed by atoms with Crippen LogP contribution in [0.4, 0.5) is 5.13 Å². The fourth-order valence-corrected chi connectivity index (χ4v) is 8.31. The smallest absolute Gasteiger partial charge is 0.352 e. The molecule has 3 atom stereocenters. The molecule has 6 N–H and O–H groups in total. The lowest BCUT2D eigenvalue weighted by Crippen LogP contribution is -2.71. The zero-order valence-electron chi connectivity index (χ0n) is 23.7. The second-order valence-electron chi connectivity index (χ2n) is 10.1. The van der Waals surface area contributed by atoms with Gasteiger partial charge < -0.3 is 31.3 Å². The number of nitrogens with two attached hydrogens (primary N) is 1. The van der Waals surface area contributed by atoms with Crippen LogP contribution in [0.5, 0.6) is 5.75 Å². The number of fused-ring (bicyclic) bond motifs is 1. The van der Waals surface area contributed by atoms with E-state index in [-0.39, 0.29) is 33.8 Å². The van der Waals surface area contributed by atoms with E-state index in [4.69, 9.17) is 10.6 Å². The maximum atomic E-state index is 13.5. The van der Waals surface area contributed by atoms with Crippen molar-refractivity contribution in [3.8, 4) is 5.75 Å². The van der Waals surface area contributed by atoms with Gasteiger partial charge in [0.2, 0.25) is 5.43 Å². The summed E-state index contributed by atoms with van der Waals surface area (Å²) in [5.41, 5.74) is 5.10. The molecule has 0 radical (unpaired) electrons. The predicted octanol–water partition coefficient (Wildman–Crippen LogP) is 1.64. The summed E-state index contributed by atoms with van der Waals surface area (Å²) in [7, 11) is 0. The van der Waals surface area contributed by atoms with Gasteiger partial charge in [-0.25, -0.2) is 9.78 Å². The molecule has 2 aliphatic heterocycles. The van der Waals surface area contributed by atoms with Gasteiger partial charge in [0, 0.05) is 23.0 Å². The molecule has 2 amide bonds. The van der Waals surface area contributed by atoms with Crippen molar-refractivity contribution in [3.63, 3.8) is 0 Å². The SMILES string of the molecule is Cc1nnc(SCC2=C(C(=O)O)N3C(=O)[C@@H](NC(=O)/C(=N\O[C@@H](c4cc(=O)c(O)cn4O)C(C)C)c4csc(N)n4)[C@H]3SC2)s1. The Kier molecular flexibility index (Phi) is 9.37. The lowest BCUT2D eigenvalue weighted by molar-refractivity contribution is -0.150. The number of thiazole rings is 1. The Labute approximate surface area is 270 Å². The largest absolute Gasteiger partial charge is 0.503 e. The standard InChI is InChI=1S/C25H26N8O8S4/c1-9(2)19(13-4-14(34)15(35)5-32(13)40)41-31-16(12-8-43-24(26)27-12)20(36)28-17-21(37)33-18(23(38)39)11(6-42-22(17)33)7-44-25-30-29-10(3)45-25/h4-5,8-9,17,19,22,35,40H,6-7H2,1-3H3,(H2,26,27)(H,28,36)(H,38,39)/b31-16-/t17-,19-,22-/m1/s1. The highest BCUT2D eigenvalue weighted by atomic mass is 32.2. The summed E-state index contributed by atoms with van der Waals surface area (Å²) in [5.74, 6) is -3.16. The van der Waals surface area contributed by atoms with Gasteiger partial charge in [0.25, 0.3) is 11.8 Å². The number of nitrogens with zero attached hydrogens (tertiary/aromatic N) is 6. The minimum absolute atomic E-state index is 0.0410. The van der Waals surface area contributed by atoms with Crippen molar-refractivity contribution in [1.29, 1.82) is 0 Å². The fraction of sp³-hybridized carbons (Fsp3) is 0.360. The lowest BCUT2D eigenvalue weighted by atomic mass is 10.0. The number of carboxylic acids is 1. The number of thioether (sulfide) groups is 2. The maximum absolute atomic E-state index is 13.5. The second-order valence-corrected chi connectivity index (χ2v) is 14.5. The van der Waals surface area contributed by atoms with Crippen molar-refractivity contribution in [1.82, 2.24) is 30.1 Å². The van der Waals surface area contributed by atoms with E-state index in [1.54, 1.807) is 13.8 Å². The van der Waals surface area contributed by atoms with Crippen LogP contribution in [-0.2, 0) is 19.2 Å². The number of nitrogens with one attached hydrogen (secondary N) is 1. The molecule has 0 saturated carbocycles. The number of anilines is 1. The van der Waals surface area contributed by atoms with E-state index in [2.05, 4.69) is 25.7 Å². The number of aromatic nitrogens is 4. The Balaban J connectivity index is 1.36. The number of β-lactam (4-membered cyclic amide) rings is 1. The van der Waals surface area contributed by atoms with E-state index in [0.29, 0.717) is 26.1 Å². The van der Waals surface area contributed by atoms with E-state index in [9.17, 15) is 34.6 Å². The third kappa shape index (κ3) is 6.63. The Bertz CT molecular complexity index is 1780. The number of oxime groups is 1. The number of nitrogen functional groups attached to an aromatic ring is 1. The summed E-state index contributed by atoms with van der Waals surface area (Å²) in [4.78, 5) is 62.0. The molecular formula is C25H26N8O8S4. The summed E-state index contributed by atoms with van der Waals surface area (Å²) >= 11 is 5.06. The van der Waals surface area contributed by atoms with Gasteiger partial charge in [0.05, 0.1) is 6.20 Å². The molecule has 0 aromatic carbocycles. The van der Waals surface area contributed by atoms with Crippen LogP contribution in [0.1, 0.15) is 36.3 Å². The van der Waals surface area contributed by atoms with Crippen LogP contribution in [0, 0.1) is 12.8 Å². The first-order valence-electron chi connectivity index (χ1n) is 13.1. The molecule has 0 bridgehead atoms. The van der Waals surface area contributed by atoms with Gasteiger partial charge in [0.15, 0.2) is 27.0 Å². The number of carbonyl (C=O) groups excluding carboxylic acids is 2. The van der Waals surface area contributed by atoms with Crippen LogP contribution in [-0.4, -0.2) is 86.6 Å². The van der Waals surface area contributed by atoms with E-state index in [1.165, 1.54) is 40.2 Å². The van der Waals surface area contributed by atoms with Crippen LogP contribution < -0.4 is 16.5 Å². The summed E-state index contributed by atoms with van der Waals surface area (Å²) in [6.45, 7) is 5.25. The second kappa shape index (κ2) is 13.1. The molecule has 2 aliphatic rings. The molecule has 3 aromatic rings. The maximum Gasteiger partial charge on any atom is 0.352 e. The van der Waals surface area contributed by atoms with Crippen LogP contribution in [0.3, 0.4) is 0 Å². The predicted molar refractivity (Wildman–Crippen MR) is 166 cm³/mol. The monoisotopic (exact) mass is 694 g/mol. The lowest BCUT2D eigenvalue weighted by Gasteiger charge is -2.49. The summed E-state index contributed by atoms with van der Waals surface area (Å²) < 4.78 is 1.20. The van der Waals surface area contributed by atoms with E-state index < -0.39 is 46.5 Å². The van der Waals surface area contributed by atoms with Gasteiger partial charge in [-0.3, -0.25) is 19.3 Å². The number of amides is 2. The molecule has 1 fully saturated rings. The first kappa shape index (κ1) is 32.3. The van der Waals surface area contributed by atoms with Crippen molar-refractivity contribution in [2.24, 2.45) is 11.1 Å². The molecule has 20 heteroatoms. The number of aryl methyl sites for hydroxylation is 1. The fourth-order valence-electron chi connectivity index (χ4n) is 4.46. The molecule has 0 unspecified atom stereocenters. The van der Waals surface area contributed by atoms with Gasteiger partial charge in [-0.15, -0.1) is 33.3 Å². The Morgan fingerprint density at radius 1 is 1.31 bits per heavy atom. The molecule has 1 saturated heterocycles.